The maximum atomic E-state index is 11.4. The molecule has 3 nitrogen and oxygen atoms in total. The predicted molar refractivity (Wildman–Crippen MR) is 85.5 cm³/mol. The Balaban J connectivity index is 1.89. The van der Waals surface area contributed by atoms with Crippen LogP contribution >= 0.6 is 15.9 Å². The smallest absolute Gasteiger partial charge is 0.306 e. The summed E-state index contributed by atoms with van der Waals surface area (Å²) in [5.74, 6) is -0.459. The number of rotatable bonds is 7. The van der Waals surface area contributed by atoms with Crippen LogP contribution in [0, 0.1) is 5.92 Å². The van der Waals surface area contributed by atoms with Gasteiger partial charge in [-0.1, -0.05) is 46.3 Å². The zero-order valence-corrected chi connectivity index (χ0v) is 13.1. The first-order valence-corrected chi connectivity index (χ1v) is 7.59. The Kier molecular flexibility index (Phi) is 5.81. The fourth-order valence-electron chi connectivity index (χ4n) is 2.10. The summed E-state index contributed by atoms with van der Waals surface area (Å²) in [6.45, 7) is 0.398. The standard InChI is InChI=1S/C17H17BrO3/c18-15-6-4-5-13(12-15)11-14(17(19)20)9-10-21-16-7-2-1-3-8-16/h1-8,12,14H,9-11H2,(H,19,20). The van der Waals surface area contributed by atoms with E-state index in [4.69, 9.17) is 4.74 Å². The van der Waals surface area contributed by atoms with Gasteiger partial charge in [0.05, 0.1) is 12.5 Å². The second-order valence-corrected chi connectivity index (χ2v) is 5.74. The van der Waals surface area contributed by atoms with E-state index in [1.807, 2.05) is 54.6 Å². The largest absolute Gasteiger partial charge is 0.494 e. The van der Waals surface area contributed by atoms with Crippen LogP contribution in [0.5, 0.6) is 5.75 Å². The van der Waals surface area contributed by atoms with Crippen molar-refractivity contribution in [3.05, 3.63) is 64.6 Å². The van der Waals surface area contributed by atoms with Crippen LogP contribution in [-0.4, -0.2) is 17.7 Å². The summed E-state index contributed by atoms with van der Waals surface area (Å²) < 4.78 is 6.54. The van der Waals surface area contributed by atoms with Crippen molar-refractivity contribution in [1.82, 2.24) is 0 Å². The Bertz CT molecular complexity index is 584. The predicted octanol–water partition coefficient (Wildman–Crippen LogP) is 4.16. The van der Waals surface area contributed by atoms with Gasteiger partial charge in [-0.2, -0.15) is 0 Å². The molecule has 1 unspecified atom stereocenters. The number of para-hydroxylation sites is 1. The number of benzene rings is 2. The van der Waals surface area contributed by atoms with Crippen molar-refractivity contribution in [3.63, 3.8) is 0 Å². The highest BCUT2D eigenvalue weighted by Gasteiger charge is 2.18. The van der Waals surface area contributed by atoms with Crippen LogP contribution in [0.25, 0.3) is 0 Å². The van der Waals surface area contributed by atoms with Crippen molar-refractivity contribution in [1.29, 1.82) is 0 Å². The monoisotopic (exact) mass is 348 g/mol. The van der Waals surface area contributed by atoms with Crippen LogP contribution in [0.4, 0.5) is 0 Å². The molecule has 2 aromatic rings. The van der Waals surface area contributed by atoms with Crippen molar-refractivity contribution in [2.24, 2.45) is 5.92 Å². The van der Waals surface area contributed by atoms with Gasteiger partial charge in [-0.15, -0.1) is 0 Å². The molecule has 0 aliphatic carbocycles. The second kappa shape index (κ2) is 7.84. The summed E-state index contributed by atoms with van der Waals surface area (Å²) in [6, 6.07) is 17.2. The maximum absolute atomic E-state index is 11.4. The molecule has 2 rings (SSSR count). The lowest BCUT2D eigenvalue weighted by molar-refractivity contribution is -0.142. The van der Waals surface area contributed by atoms with Gasteiger partial charge in [-0.3, -0.25) is 4.79 Å². The van der Waals surface area contributed by atoms with Gasteiger partial charge in [0.25, 0.3) is 0 Å². The summed E-state index contributed by atoms with van der Waals surface area (Å²) in [5, 5.41) is 9.33. The molecule has 0 aliphatic heterocycles. The summed E-state index contributed by atoms with van der Waals surface area (Å²) in [6.07, 6.45) is 0.990. The van der Waals surface area contributed by atoms with E-state index in [9.17, 15) is 9.90 Å². The average Bonchev–Trinajstić information content (AvgIpc) is 2.47. The van der Waals surface area contributed by atoms with Gasteiger partial charge in [0, 0.05) is 4.47 Å². The molecule has 0 fully saturated rings. The van der Waals surface area contributed by atoms with E-state index in [2.05, 4.69) is 15.9 Å². The number of carbonyl (C=O) groups is 1. The van der Waals surface area contributed by atoms with Crippen LogP contribution in [-0.2, 0) is 11.2 Å². The molecule has 0 radical (unpaired) electrons. The first kappa shape index (κ1) is 15.6. The molecule has 1 N–H and O–H groups in total. The quantitative estimate of drug-likeness (QED) is 0.816. The number of halogens is 1. The second-order valence-electron chi connectivity index (χ2n) is 4.82. The number of hydrogen-bond acceptors (Lipinski definition) is 2. The van der Waals surface area contributed by atoms with Gasteiger partial charge >= 0.3 is 5.97 Å². The van der Waals surface area contributed by atoms with Gasteiger partial charge < -0.3 is 9.84 Å². The molecule has 110 valence electrons. The Hall–Kier alpha value is -1.81. The average molecular weight is 349 g/mol. The van der Waals surface area contributed by atoms with Crippen LogP contribution in [0.2, 0.25) is 0 Å². The highest BCUT2D eigenvalue weighted by molar-refractivity contribution is 9.10. The van der Waals surface area contributed by atoms with E-state index in [0.717, 1.165) is 15.8 Å². The molecule has 0 aliphatic rings. The fourth-order valence-corrected chi connectivity index (χ4v) is 2.54. The first-order chi connectivity index (χ1) is 10.1. The van der Waals surface area contributed by atoms with E-state index in [1.165, 1.54) is 0 Å². The van der Waals surface area contributed by atoms with E-state index in [0.29, 0.717) is 19.4 Å². The zero-order chi connectivity index (χ0) is 15.1. The zero-order valence-electron chi connectivity index (χ0n) is 11.5. The third-order valence-electron chi connectivity index (χ3n) is 3.20. The van der Waals surface area contributed by atoms with Crippen molar-refractivity contribution < 1.29 is 14.6 Å². The van der Waals surface area contributed by atoms with Crippen LogP contribution in [0.1, 0.15) is 12.0 Å². The highest BCUT2D eigenvalue weighted by Crippen LogP contribution is 2.18. The van der Waals surface area contributed by atoms with E-state index in [1.54, 1.807) is 0 Å². The Morgan fingerprint density at radius 3 is 2.57 bits per heavy atom. The van der Waals surface area contributed by atoms with Gasteiger partial charge in [-0.25, -0.2) is 0 Å². The molecular weight excluding hydrogens is 332 g/mol. The molecule has 21 heavy (non-hydrogen) atoms. The minimum atomic E-state index is -0.786. The summed E-state index contributed by atoms with van der Waals surface area (Å²) in [4.78, 5) is 11.4. The molecule has 0 amide bonds. The normalized spacial score (nSPS) is 11.9. The SMILES string of the molecule is O=C(O)C(CCOc1ccccc1)Cc1cccc(Br)c1. The van der Waals surface area contributed by atoms with Gasteiger partial charge in [0.2, 0.25) is 0 Å². The topological polar surface area (TPSA) is 46.5 Å². The molecule has 0 spiro atoms. The van der Waals surface area contributed by atoms with Crippen molar-refractivity contribution >= 4 is 21.9 Å². The number of aliphatic carboxylic acids is 1. The van der Waals surface area contributed by atoms with Crippen molar-refractivity contribution in [3.8, 4) is 5.75 Å². The minimum absolute atomic E-state index is 0.398. The van der Waals surface area contributed by atoms with E-state index < -0.39 is 11.9 Å². The molecule has 0 bridgehead atoms. The minimum Gasteiger partial charge on any atom is -0.494 e. The van der Waals surface area contributed by atoms with Crippen molar-refractivity contribution in [2.45, 2.75) is 12.8 Å². The van der Waals surface area contributed by atoms with Gasteiger partial charge in [0.15, 0.2) is 0 Å². The lowest BCUT2D eigenvalue weighted by atomic mass is 9.97. The molecular formula is C17H17BrO3. The number of hydrogen-bond donors (Lipinski definition) is 1. The van der Waals surface area contributed by atoms with Gasteiger partial charge in [0.1, 0.15) is 5.75 Å². The van der Waals surface area contributed by atoms with E-state index in [-0.39, 0.29) is 0 Å². The number of carboxylic acids is 1. The Morgan fingerprint density at radius 2 is 1.90 bits per heavy atom. The van der Waals surface area contributed by atoms with Gasteiger partial charge in [-0.05, 0) is 42.7 Å². The van der Waals surface area contributed by atoms with Crippen LogP contribution in [0.15, 0.2) is 59.1 Å². The number of ether oxygens (including phenoxy) is 1. The highest BCUT2D eigenvalue weighted by atomic mass is 79.9. The molecule has 0 aromatic heterocycles. The molecule has 4 heteroatoms. The fraction of sp³-hybridized carbons (Fsp3) is 0.235. The lowest BCUT2D eigenvalue weighted by Gasteiger charge is -2.13. The summed E-state index contributed by atoms with van der Waals surface area (Å²) in [7, 11) is 0. The molecule has 1 atom stereocenters. The summed E-state index contributed by atoms with van der Waals surface area (Å²) >= 11 is 3.40. The molecule has 2 aromatic carbocycles. The third kappa shape index (κ3) is 5.23. The molecule has 0 heterocycles. The third-order valence-corrected chi connectivity index (χ3v) is 3.69. The Morgan fingerprint density at radius 1 is 1.14 bits per heavy atom. The van der Waals surface area contributed by atoms with E-state index >= 15 is 0 Å². The Labute approximate surface area is 132 Å². The first-order valence-electron chi connectivity index (χ1n) is 6.80. The molecule has 0 saturated heterocycles. The van der Waals surface area contributed by atoms with Crippen molar-refractivity contribution in [2.75, 3.05) is 6.61 Å². The summed E-state index contributed by atoms with van der Waals surface area (Å²) in [5.41, 5.74) is 1.01. The maximum Gasteiger partial charge on any atom is 0.306 e. The number of carboxylic acid groups (broad SMARTS) is 1. The molecule has 0 saturated carbocycles. The lowest BCUT2D eigenvalue weighted by Crippen LogP contribution is -2.19. The van der Waals surface area contributed by atoms with Crippen LogP contribution in [0.3, 0.4) is 0 Å². The van der Waals surface area contributed by atoms with Crippen LogP contribution < -0.4 is 4.74 Å².